The van der Waals surface area contributed by atoms with Gasteiger partial charge in [0.25, 0.3) is 11.8 Å². The summed E-state index contributed by atoms with van der Waals surface area (Å²) in [5.74, 6) is -0.649. The Hall–Kier alpha value is -4.14. The van der Waals surface area contributed by atoms with Crippen LogP contribution in [0.25, 0.3) is 10.9 Å². The second-order valence-electron chi connectivity index (χ2n) is 10.0. The minimum Gasteiger partial charge on any atom is -0.398 e. The lowest BCUT2D eigenvalue weighted by Crippen LogP contribution is -2.33. The van der Waals surface area contributed by atoms with Crippen LogP contribution in [0.15, 0.2) is 42.5 Å². The van der Waals surface area contributed by atoms with E-state index in [9.17, 15) is 14.4 Å². The molecule has 2 saturated carbocycles. The Morgan fingerprint density at radius 3 is 2.46 bits per heavy atom. The number of para-hydroxylation sites is 1. The molecule has 3 aromatic rings. The quantitative estimate of drug-likeness (QED) is 0.245. The molecule has 37 heavy (non-hydrogen) atoms. The summed E-state index contributed by atoms with van der Waals surface area (Å²) in [7, 11) is 1.77. The Kier molecular flexibility index (Phi) is 6.69. The first-order valence-electron chi connectivity index (χ1n) is 12.8. The molecule has 2 aliphatic rings. The molecule has 3 amide bonds. The van der Waals surface area contributed by atoms with Crippen LogP contribution in [0.3, 0.4) is 0 Å². The van der Waals surface area contributed by atoms with Gasteiger partial charge in [0.2, 0.25) is 5.91 Å². The zero-order valence-corrected chi connectivity index (χ0v) is 20.9. The van der Waals surface area contributed by atoms with Crippen molar-refractivity contribution in [1.82, 2.24) is 10.3 Å². The van der Waals surface area contributed by atoms with Crippen LogP contribution in [-0.4, -0.2) is 41.5 Å². The van der Waals surface area contributed by atoms with Gasteiger partial charge in [0.05, 0.1) is 5.56 Å². The molecule has 9 nitrogen and oxygen atoms in total. The number of carbonyl (C=O) groups is 3. The average molecular weight is 501 g/mol. The predicted molar refractivity (Wildman–Crippen MR) is 145 cm³/mol. The van der Waals surface area contributed by atoms with Gasteiger partial charge in [-0.3, -0.25) is 19.8 Å². The van der Waals surface area contributed by atoms with Gasteiger partial charge in [0, 0.05) is 46.8 Å². The molecule has 0 saturated heterocycles. The van der Waals surface area contributed by atoms with E-state index in [0.29, 0.717) is 33.4 Å². The van der Waals surface area contributed by atoms with Gasteiger partial charge in [-0.25, -0.2) is 0 Å². The highest BCUT2D eigenvalue weighted by molar-refractivity contribution is 6.48. The van der Waals surface area contributed by atoms with Crippen LogP contribution in [0.5, 0.6) is 0 Å². The topological polar surface area (TPSA) is 144 Å². The number of carbonyl (C=O) groups excluding carboxylic acids is 3. The second kappa shape index (κ2) is 10.1. The number of nitrogens with zero attached hydrogens (tertiary/aromatic N) is 1. The number of aromatic amines is 1. The number of nitrogens with one attached hydrogen (secondary N) is 4. The first-order valence-corrected chi connectivity index (χ1v) is 12.8. The van der Waals surface area contributed by atoms with E-state index in [4.69, 9.17) is 11.1 Å². The molecule has 0 unspecified atom stereocenters. The maximum atomic E-state index is 13.2. The van der Waals surface area contributed by atoms with Crippen LogP contribution in [0.4, 0.5) is 17.2 Å². The van der Waals surface area contributed by atoms with Crippen molar-refractivity contribution in [1.29, 1.82) is 5.41 Å². The number of rotatable bonds is 7. The van der Waals surface area contributed by atoms with Crippen LogP contribution in [0.1, 0.15) is 60.9 Å². The van der Waals surface area contributed by atoms with Gasteiger partial charge in [-0.15, -0.1) is 0 Å². The Morgan fingerprint density at radius 2 is 1.76 bits per heavy atom. The summed E-state index contributed by atoms with van der Waals surface area (Å²) in [6, 6.07) is 12.2. The largest absolute Gasteiger partial charge is 0.398 e. The van der Waals surface area contributed by atoms with Gasteiger partial charge in [-0.2, -0.15) is 0 Å². The third kappa shape index (κ3) is 5.07. The fourth-order valence-corrected chi connectivity index (χ4v) is 4.98. The van der Waals surface area contributed by atoms with Crippen molar-refractivity contribution >= 4 is 51.5 Å². The zero-order chi connectivity index (χ0) is 26.1. The van der Waals surface area contributed by atoms with Crippen LogP contribution in [0.2, 0.25) is 0 Å². The SMILES string of the molecule is CN(C(=O)C1CCCCC1)c1ccc2c(C(=O)NC3CC3)c(NC(=O)C(=N)c3ccccc3N)[nH]c2c1. The van der Waals surface area contributed by atoms with E-state index in [-0.39, 0.29) is 35.3 Å². The first-order chi connectivity index (χ1) is 17.8. The van der Waals surface area contributed by atoms with Crippen molar-refractivity contribution in [3.63, 3.8) is 0 Å². The van der Waals surface area contributed by atoms with Crippen LogP contribution < -0.4 is 21.3 Å². The van der Waals surface area contributed by atoms with Gasteiger partial charge in [0.15, 0.2) is 0 Å². The van der Waals surface area contributed by atoms with Crippen molar-refractivity contribution in [2.24, 2.45) is 5.92 Å². The molecular weight excluding hydrogens is 468 g/mol. The molecule has 0 atom stereocenters. The number of amides is 3. The maximum absolute atomic E-state index is 13.2. The fourth-order valence-electron chi connectivity index (χ4n) is 4.98. The highest BCUT2D eigenvalue weighted by atomic mass is 16.2. The van der Waals surface area contributed by atoms with E-state index < -0.39 is 5.91 Å². The van der Waals surface area contributed by atoms with E-state index in [1.165, 1.54) is 6.42 Å². The summed E-state index contributed by atoms with van der Waals surface area (Å²) in [6.45, 7) is 0. The van der Waals surface area contributed by atoms with Crippen molar-refractivity contribution in [2.45, 2.75) is 51.0 Å². The summed E-state index contributed by atoms with van der Waals surface area (Å²) in [5.41, 5.74) is 7.91. The third-order valence-electron chi connectivity index (χ3n) is 7.29. The van der Waals surface area contributed by atoms with Gasteiger partial charge >= 0.3 is 0 Å². The Labute approximate surface area is 215 Å². The van der Waals surface area contributed by atoms with Crippen molar-refractivity contribution < 1.29 is 14.4 Å². The molecule has 0 aliphatic heterocycles. The van der Waals surface area contributed by atoms with Crippen molar-refractivity contribution in [2.75, 3.05) is 23.0 Å². The molecule has 9 heteroatoms. The van der Waals surface area contributed by atoms with E-state index in [2.05, 4.69) is 15.6 Å². The van der Waals surface area contributed by atoms with E-state index in [1.807, 2.05) is 12.1 Å². The minimum atomic E-state index is -0.685. The molecule has 2 fully saturated rings. The predicted octanol–water partition coefficient (Wildman–Crippen LogP) is 4.19. The molecule has 0 bridgehead atoms. The molecule has 6 N–H and O–H groups in total. The maximum Gasteiger partial charge on any atom is 0.275 e. The second-order valence-corrected chi connectivity index (χ2v) is 10.0. The highest BCUT2D eigenvalue weighted by Gasteiger charge is 2.29. The van der Waals surface area contributed by atoms with Crippen molar-refractivity contribution in [3.05, 3.63) is 53.6 Å². The van der Waals surface area contributed by atoms with Crippen LogP contribution in [0, 0.1) is 11.3 Å². The molecule has 192 valence electrons. The summed E-state index contributed by atoms with van der Waals surface area (Å²) in [6.07, 6.45) is 6.99. The van der Waals surface area contributed by atoms with Crippen LogP contribution in [-0.2, 0) is 9.59 Å². The van der Waals surface area contributed by atoms with Gasteiger partial charge < -0.3 is 26.3 Å². The highest BCUT2D eigenvalue weighted by Crippen LogP contribution is 2.32. The number of anilines is 3. The molecule has 2 aromatic carbocycles. The lowest BCUT2D eigenvalue weighted by Gasteiger charge is -2.26. The van der Waals surface area contributed by atoms with Crippen molar-refractivity contribution in [3.8, 4) is 0 Å². The van der Waals surface area contributed by atoms with Gasteiger partial charge in [-0.1, -0.05) is 37.5 Å². The summed E-state index contributed by atoms with van der Waals surface area (Å²) < 4.78 is 0. The zero-order valence-electron chi connectivity index (χ0n) is 20.9. The van der Waals surface area contributed by atoms with E-state index in [0.717, 1.165) is 38.5 Å². The molecule has 1 heterocycles. The molecular formula is C28H32N6O3. The summed E-state index contributed by atoms with van der Waals surface area (Å²) in [4.78, 5) is 44.1. The number of fused-ring (bicyclic) bond motifs is 1. The van der Waals surface area contributed by atoms with Gasteiger partial charge in [-0.05, 0) is 49.9 Å². The average Bonchev–Trinajstić information content (AvgIpc) is 3.65. The van der Waals surface area contributed by atoms with E-state index in [1.54, 1.807) is 42.3 Å². The number of hydrogen-bond acceptors (Lipinski definition) is 5. The molecule has 5 rings (SSSR count). The number of hydrogen-bond donors (Lipinski definition) is 5. The summed E-state index contributed by atoms with van der Waals surface area (Å²) >= 11 is 0. The minimum absolute atomic E-state index is 0.0317. The summed E-state index contributed by atoms with van der Waals surface area (Å²) in [5, 5.41) is 14.7. The number of nitrogens with two attached hydrogens (primary N) is 1. The third-order valence-corrected chi connectivity index (χ3v) is 7.29. The Bertz CT molecular complexity index is 1380. The first kappa shape index (κ1) is 24.5. The lowest BCUT2D eigenvalue weighted by atomic mass is 9.88. The standard InChI is InChI=1S/C28H32N6O3/c1-34(28(37)16-7-3-2-4-8-16)18-13-14-20-22(15-18)32-25(23(20)26(35)31-17-11-12-17)33-27(36)24(30)19-9-5-6-10-21(19)29/h5-6,9-10,13-17,30,32H,2-4,7-8,11-12,29H2,1H3,(H,31,35)(H,33,36). The number of H-pyrrole nitrogens is 1. The molecule has 1 aromatic heterocycles. The monoisotopic (exact) mass is 500 g/mol. The van der Waals surface area contributed by atoms with Gasteiger partial charge in [0.1, 0.15) is 11.5 Å². The van der Waals surface area contributed by atoms with E-state index >= 15 is 0 Å². The lowest BCUT2D eigenvalue weighted by molar-refractivity contribution is -0.123. The smallest absolute Gasteiger partial charge is 0.275 e. The number of aromatic nitrogens is 1. The molecule has 2 aliphatic carbocycles. The molecule has 0 radical (unpaired) electrons. The normalized spacial score (nSPS) is 15.8. The number of nitrogen functional groups attached to an aromatic ring is 1. The Morgan fingerprint density at radius 1 is 1.03 bits per heavy atom. The fraction of sp³-hybridized carbons (Fsp3) is 0.357. The number of benzene rings is 2. The van der Waals surface area contributed by atoms with Crippen LogP contribution >= 0.6 is 0 Å². The Balaban J connectivity index is 1.46. The molecule has 0 spiro atoms.